The summed E-state index contributed by atoms with van der Waals surface area (Å²) < 4.78 is 0. The molecule has 17 heteroatoms. The van der Waals surface area contributed by atoms with Crippen LogP contribution in [0.25, 0.3) is 0 Å². The zero-order valence-electron chi connectivity index (χ0n) is 7.51. The summed E-state index contributed by atoms with van der Waals surface area (Å²) in [6, 6.07) is 0. The average molecular weight is 376 g/mol. The monoisotopic (exact) mass is 375 g/mol. The Hall–Kier alpha value is -1.25. The van der Waals surface area contributed by atoms with E-state index in [4.69, 9.17) is 46.0 Å². The maximum Gasteiger partial charge on any atom is 3.00 e. The van der Waals surface area contributed by atoms with Crippen LogP contribution in [0.5, 0.6) is 0 Å². The molecule has 0 spiro atoms. The van der Waals surface area contributed by atoms with Crippen LogP contribution in [0.15, 0.2) is 0 Å². The van der Waals surface area contributed by atoms with Crippen molar-refractivity contribution in [2.24, 2.45) is 0 Å². The number of hydrogen-bond donors (Lipinski definition) is 0. The van der Waals surface area contributed by atoms with Gasteiger partial charge in [-0.05, 0) is 0 Å². The van der Waals surface area contributed by atoms with Gasteiger partial charge < -0.3 is 62.4 Å². The summed E-state index contributed by atoms with van der Waals surface area (Å²) in [5.41, 5.74) is 0. The molecule has 0 radical (unpaired) electrons. The van der Waals surface area contributed by atoms with Gasteiger partial charge in [0.05, 0.1) is 15.3 Å². The fourth-order valence-electron chi connectivity index (χ4n) is 0. The fourth-order valence-corrected chi connectivity index (χ4v) is 0. The molecular formula is H3Ga2N3O12. The minimum Gasteiger partial charge on any atom is -0.870 e. The van der Waals surface area contributed by atoms with Crippen LogP contribution >= 0.6 is 0 Å². The Morgan fingerprint density at radius 3 is 0.471 bits per heavy atom. The van der Waals surface area contributed by atoms with E-state index in [2.05, 4.69) is 0 Å². The van der Waals surface area contributed by atoms with E-state index in [1.54, 1.807) is 0 Å². The smallest absolute Gasteiger partial charge is 0.870 e. The quantitative estimate of drug-likeness (QED) is 0.251. The van der Waals surface area contributed by atoms with Gasteiger partial charge in [0.25, 0.3) is 0 Å². The van der Waals surface area contributed by atoms with Crippen LogP contribution in [0.3, 0.4) is 0 Å². The SMILES string of the molecule is O=[N+]([O-])[O-].O=[N+]([O-])[O-].O=[N+]([O-])[O-].[Ga+3].[Ga+3].[OH-].[OH-].[OH-]. The first-order valence-corrected chi connectivity index (χ1v) is 1.64. The summed E-state index contributed by atoms with van der Waals surface area (Å²) in [5.74, 6) is 0. The molecule has 0 aliphatic heterocycles. The largest absolute Gasteiger partial charge is 3.00 e. The molecule has 0 aromatic rings. The van der Waals surface area contributed by atoms with E-state index >= 15 is 0 Å². The van der Waals surface area contributed by atoms with Crippen molar-refractivity contribution in [3.63, 3.8) is 0 Å². The molecule has 0 fully saturated rings. The van der Waals surface area contributed by atoms with Gasteiger partial charge in [-0.1, -0.05) is 0 Å². The van der Waals surface area contributed by atoms with Crippen molar-refractivity contribution >= 4 is 39.6 Å². The molecule has 0 saturated carbocycles. The Morgan fingerprint density at radius 2 is 0.471 bits per heavy atom. The molecule has 0 unspecified atom stereocenters. The first kappa shape index (κ1) is 57.0. The van der Waals surface area contributed by atoms with Crippen molar-refractivity contribution in [2.75, 3.05) is 0 Å². The standard InChI is InChI=1S/2Ga.3NO3.3H2O/c;;3*2-1(3)4;;;/h;;;;;3*1H2/q2*+3;3*-1;;;/p-3. The van der Waals surface area contributed by atoms with Crippen LogP contribution in [0.4, 0.5) is 0 Å². The number of hydrogen-bond acceptors (Lipinski definition) is 12. The van der Waals surface area contributed by atoms with Crippen molar-refractivity contribution in [3.8, 4) is 0 Å². The molecular weight excluding hydrogens is 373 g/mol. The number of rotatable bonds is 0. The van der Waals surface area contributed by atoms with Crippen LogP contribution < -0.4 is 0 Å². The van der Waals surface area contributed by atoms with Crippen LogP contribution in [-0.2, 0) is 0 Å². The second-order valence-corrected chi connectivity index (χ2v) is 0.671. The van der Waals surface area contributed by atoms with Crippen molar-refractivity contribution in [2.45, 2.75) is 0 Å². The van der Waals surface area contributed by atoms with Gasteiger partial charge >= 0.3 is 39.6 Å². The topological polar surface area (TPSA) is 289 Å². The zero-order valence-corrected chi connectivity index (χ0v) is 12.4. The van der Waals surface area contributed by atoms with Crippen LogP contribution in [-0.4, -0.2) is 71.3 Å². The van der Waals surface area contributed by atoms with E-state index in [0.29, 0.717) is 0 Å². The molecule has 0 saturated heterocycles. The van der Waals surface area contributed by atoms with Gasteiger partial charge in [0.2, 0.25) is 0 Å². The van der Waals surface area contributed by atoms with Gasteiger partial charge in [0, 0.05) is 0 Å². The first-order chi connectivity index (χ1) is 5.20. The molecule has 0 bridgehead atoms. The molecule has 0 heterocycles. The molecule has 0 rings (SSSR count). The Bertz CT molecular complexity index is 117. The third kappa shape index (κ3) is 1540. The van der Waals surface area contributed by atoms with Crippen molar-refractivity contribution < 1.29 is 31.7 Å². The summed E-state index contributed by atoms with van der Waals surface area (Å²) in [4.78, 5) is 24.8. The zero-order chi connectivity index (χ0) is 10.7. The molecule has 0 aliphatic rings. The maximum absolute atomic E-state index is 8.25. The molecule has 0 aromatic heterocycles. The molecule has 15 nitrogen and oxygen atoms in total. The summed E-state index contributed by atoms with van der Waals surface area (Å²) in [6.07, 6.45) is 0. The van der Waals surface area contributed by atoms with Gasteiger partial charge in [-0.15, -0.1) is 0 Å². The third-order valence-electron chi connectivity index (χ3n) is 0. The second kappa shape index (κ2) is 46.4. The third-order valence-corrected chi connectivity index (χ3v) is 0. The second-order valence-electron chi connectivity index (χ2n) is 0.671. The average Bonchev–Trinajstić information content (AvgIpc) is 1.54. The Kier molecular flexibility index (Phi) is 156. The van der Waals surface area contributed by atoms with E-state index in [-0.39, 0.29) is 56.0 Å². The predicted molar refractivity (Wildman–Crippen MR) is 48.4 cm³/mol. The van der Waals surface area contributed by atoms with Crippen LogP contribution in [0, 0.1) is 46.0 Å². The maximum atomic E-state index is 8.25. The normalized spacial score (nSPS) is 4.24. The molecule has 17 heavy (non-hydrogen) atoms. The molecule has 0 aliphatic carbocycles. The summed E-state index contributed by atoms with van der Waals surface area (Å²) in [6.45, 7) is 0. The van der Waals surface area contributed by atoms with E-state index in [0.717, 1.165) is 0 Å². The Morgan fingerprint density at radius 1 is 0.471 bits per heavy atom. The van der Waals surface area contributed by atoms with E-state index in [1.165, 1.54) is 0 Å². The van der Waals surface area contributed by atoms with Gasteiger partial charge in [0.1, 0.15) is 0 Å². The Labute approximate surface area is 117 Å². The summed E-state index contributed by atoms with van der Waals surface area (Å²) >= 11 is 0. The van der Waals surface area contributed by atoms with Gasteiger partial charge in [-0.3, -0.25) is 0 Å². The molecule has 3 N–H and O–H groups in total. The van der Waals surface area contributed by atoms with Crippen molar-refractivity contribution in [3.05, 3.63) is 46.0 Å². The summed E-state index contributed by atoms with van der Waals surface area (Å²) in [5, 5.41) is 44.2. The number of nitrogens with zero attached hydrogens (tertiary/aromatic N) is 3. The van der Waals surface area contributed by atoms with Crippen molar-refractivity contribution in [1.82, 2.24) is 0 Å². The van der Waals surface area contributed by atoms with E-state index in [1.807, 2.05) is 0 Å². The van der Waals surface area contributed by atoms with Gasteiger partial charge in [-0.25, -0.2) is 0 Å². The molecule has 0 aromatic carbocycles. The minimum atomic E-state index is -1.75. The fraction of sp³-hybridized carbons (Fsp3) is 0. The summed E-state index contributed by atoms with van der Waals surface area (Å²) in [7, 11) is 0. The molecule has 96 valence electrons. The minimum absolute atomic E-state index is 0. The molecule has 0 atom stereocenters. The van der Waals surface area contributed by atoms with Crippen molar-refractivity contribution in [1.29, 1.82) is 0 Å². The Balaban J connectivity index is -0.0000000104. The molecule has 0 amide bonds. The van der Waals surface area contributed by atoms with Gasteiger partial charge in [-0.2, -0.15) is 0 Å². The van der Waals surface area contributed by atoms with Gasteiger partial charge in [0.15, 0.2) is 0 Å². The van der Waals surface area contributed by atoms with Crippen LogP contribution in [0.2, 0.25) is 0 Å². The van der Waals surface area contributed by atoms with E-state index in [9.17, 15) is 0 Å². The predicted octanol–water partition coefficient (Wildman–Crippen LogP) is -2.01. The van der Waals surface area contributed by atoms with E-state index < -0.39 is 15.3 Å². The van der Waals surface area contributed by atoms with Crippen LogP contribution in [0.1, 0.15) is 0 Å². The first-order valence-electron chi connectivity index (χ1n) is 1.64.